The van der Waals surface area contributed by atoms with Crippen LogP contribution < -0.4 is 5.32 Å². The first kappa shape index (κ1) is 14.1. The fourth-order valence-electron chi connectivity index (χ4n) is 6.24. The van der Waals surface area contributed by atoms with Crippen molar-refractivity contribution in [3.63, 3.8) is 0 Å². The SMILES string of the molecule is CCCNC(CC12CC3CC(CC(C3)C1)C2)C1=CCCO1. The largest absolute Gasteiger partial charge is 0.496 e. The molecular formula is C19H31NO. The van der Waals surface area contributed by atoms with Gasteiger partial charge in [0.2, 0.25) is 0 Å². The molecule has 2 heteroatoms. The van der Waals surface area contributed by atoms with Crippen LogP contribution in [0, 0.1) is 23.2 Å². The van der Waals surface area contributed by atoms with Gasteiger partial charge in [0.15, 0.2) is 0 Å². The van der Waals surface area contributed by atoms with Crippen LogP contribution in [-0.2, 0) is 4.74 Å². The van der Waals surface area contributed by atoms with Crippen LogP contribution in [0.15, 0.2) is 11.8 Å². The van der Waals surface area contributed by atoms with Gasteiger partial charge in [0.05, 0.1) is 12.6 Å². The van der Waals surface area contributed by atoms with E-state index in [1.165, 1.54) is 37.9 Å². The summed E-state index contributed by atoms with van der Waals surface area (Å²) in [6.07, 6.45) is 15.2. The zero-order chi connectivity index (χ0) is 14.3. The van der Waals surface area contributed by atoms with Gasteiger partial charge in [0, 0.05) is 6.42 Å². The summed E-state index contributed by atoms with van der Waals surface area (Å²) in [7, 11) is 0. The lowest BCUT2D eigenvalue weighted by molar-refractivity contribution is -0.0623. The molecule has 1 atom stereocenters. The average molecular weight is 289 g/mol. The van der Waals surface area contributed by atoms with Crippen LogP contribution in [0.5, 0.6) is 0 Å². The summed E-state index contributed by atoms with van der Waals surface area (Å²) < 4.78 is 5.92. The van der Waals surface area contributed by atoms with E-state index in [1.54, 1.807) is 19.3 Å². The van der Waals surface area contributed by atoms with E-state index in [0.717, 1.165) is 37.3 Å². The summed E-state index contributed by atoms with van der Waals surface area (Å²) >= 11 is 0. The predicted molar refractivity (Wildman–Crippen MR) is 86.0 cm³/mol. The maximum Gasteiger partial charge on any atom is 0.109 e. The van der Waals surface area contributed by atoms with Crippen molar-refractivity contribution in [2.75, 3.05) is 13.2 Å². The van der Waals surface area contributed by atoms with Crippen LogP contribution >= 0.6 is 0 Å². The molecule has 0 amide bonds. The third kappa shape index (κ3) is 2.76. The molecule has 4 fully saturated rings. The maximum atomic E-state index is 5.92. The summed E-state index contributed by atoms with van der Waals surface area (Å²) in [6.45, 7) is 4.29. The topological polar surface area (TPSA) is 21.3 Å². The lowest BCUT2D eigenvalue weighted by Crippen LogP contribution is -2.49. The minimum Gasteiger partial charge on any atom is -0.496 e. The summed E-state index contributed by atoms with van der Waals surface area (Å²) in [5.41, 5.74) is 0.646. The van der Waals surface area contributed by atoms with E-state index in [1.807, 2.05) is 0 Å². The van der Waals surface area contributed by atoms with Crippen molar-refractivity contribution in [2.24, 2.45) is 23.2 Å². The average Bonchev–Trinajstić information content (AvgIpc) is 2.96. The fraction of sp³-hybridized carbons (Fsp3) is 0.895. The Bertz CT molecular complexity index is 379. The highest BCUT2D eigenvalue weighted by Crippen LogP contribution is 2.61. The zero-order valence-electron chi connectivity index (χ0n) is 13.6. The van der Waals surface area contributed by atoms with Crippen molar-refractivity contribution in [2.45, 2.75) is 70.8 Å². The third-order valence-electron chi connectivity index (χ3n) is 6.52. The van der Waals surface area contributed by atoms with Gasteiger partial charge >= 0.3 is 0 Å². The van der Waals surface area contributed by atoms with Crippen molar-refractivity contribution in [1.82, 2.24) is 5.32 Å². The Morgan fingerprint density at radius 3 is 2.38 bits per heavy atom. The molecule has 1 heterocycles. The monoisotopic (exact) mass is 289 g/mol. The van der Waals surface area contributed by atoms with E-state index < -0.39 is 0 Å². The molecule has 1 unspecified atom stereocenters. The number of ether oxygens (including phenoxy) is 1. The van der Waals surface area contributed by atoms with Gasteiger partial charge in [-0.2, -0.15) is 0 Å². The van der Waals surface area contributed by atoms with Crippen molar-refractivity contribution >= 4 is 0 Å². The molecule has 1 aliphatic heterocycles. The van der Waals surface area contributed by atoms with E-state index in [-0.39, 0.29) is 0 Å². The minimum absolute atomic E-state index is 0.490. The summed E-state index contributed by atoms with van der Waals surface area (Å²) in [4.78, 5) is 0. The molecule has 4 saturated carbocycles. The molecule has 118 valence electrons. The van der Waals surface area contributed by atoms with Crippen LogP contribution in [-0.4, -0.2) is 19.2 Å². The minimum atomic E-state index is 0.490. The first-order valence-electron chi connectivity index (χ1n) is 9.32. The van der Waals surface area contributed by atoms with E-state index in [2.05, 4.69) is 18.3 Å². The van der Waals surface area contributed by atoms with Crippen LogP contribution in [0.3, 0.4) is 0 Å². The van der Waals surface area contributed by atoms with Crippen molar-refractivity contribution in [1.29, 1.82) is 0 Å². The molecule has 0 spiro atoms. The lowest BCUT2D eigenvalue weighted by Gasteiger charge is -2.57. The van der Waals surface area contributed by atoms with E-state index in [4.69, 9.17) is 4.74 Å². The highest BCUT2D eigenvalue weighted by atomic mass is 16.5. The molecule has 21 heavy (non-hydrogen) atoms. The van der Waals surface area contributed by atoms with Gasteiger partial charge in [-0.1, -0.05) is 6.92 Å². The van der Waals surface area contributed by atoms with Crippen LogP contribution in [0.25, 0.3) is 0 Å². The van der Waals surface area contributed by atoms with Gasteiger partial charge in [-0.05, 0) is 87.2 Å². The summed E-state index contributed by atoms with van der Waals surface area (Å²) in [5.74, 6) is 4.43. The second-order valence-corrected chi connectivity index (χ2v) is 8.37. The van der Waals surface area contributed by atoms with Gasteiger partial charge in [-0.25, -0.2) is 0 Å². The molecule has 4 aliphatic carbocycles. The van der Waals surface area contributed by atoms with E-state index >= 15 is 0 Å². The quantitative estimate of drug-likeness (QED) is 0.788. The molecule has 0 saturated heterocycles. The Labute approximate surface area is 129 Å². The maximum absolute atomic E-state index is 5.92. The van der Waals surface area contributed by atoms with Crippen molar-refractivity contribution in [3.05, 3.63) is 11.8 Å². The molecule has 0 aromatic heterocycles. The van der Waals surface area contributed by atoms with Gasteiger partial charge in [-0.15, -0.1) is 0 Å². The Hall–Kier alpha value is -0.500. The molecular weight excluding hydrogens is 258 g/mol. The van der Waals surface area contributed by atoms with Gasteiger partial charge in [0.25, 0.3) is 0 Å². The summed E-state index contributed by atoms with van der Waals surface area (Å²) in [6, 6.07) is 0.490. The Morgan fingerprint density at radius 1 is 1.19 bits per heavy atom. The van der Waals surface area contributed by atoms with E-state index in [9.17, 15) is 0 Å². The molecule has 5 rings (SSSR count). The Kier molecular flexibility index (Phi) is 3.77. The van der Waals surface area contributed by atoms with Gasteiger partial charge in [0.1, 0.15) is 5.76 Å². The normalized spacial score (nSPS) is 42.0. The second kappa shape index (κ2) is 5.61. The van der Waals surface area contributed by atoms with Crippen molar-refractivity contribution < 1.29 is 4.74 Å². The first-order chi connectivity index (χ1) is 10.3. The van der Waals surface area contributed by atoms with Gasteiger partial charge < -0.3 is 10.1 Å². The molecule has 2 nitrogen and oxygen atoms in total. The van der Waals surface area contributed by atoms with Crippen LogP contribution in [0.2, 0.25) is 0 Å². The highest BCUT2D eigenvalue weighted by molar-refractivity contribution is 5.11. The standard InChI is InChI=1S/C19H31NO/c1-2-5-20-17(18-4-3-6-21-18)13-19-10-14-7-15(11-19)9-16(8-14)12-19/h4,14-17,20H,2-3,5-13H2,1H3. The Balaban J connectivity index is 1.49. The number of hydrogen-bond acceptors (Lipinski definition) is 2. The molecule has 0 radical (unpaired) electrons. The van der Waals surface area contributed by atoms with Gasteiger partial charge in [-0.3, -0.25) is 0 Å². The van der Waals surface area contributed by atoms with Crippen molar-refractivity contribution in [3.8, 4) is 0 Å². The van der Waals surface area contributed by atoms with E-state index in [0.29, 0.717) is 11.5 Å². The number of nitrogens with one attached hydrogen (secondary N) is 1. The van der Waals surface area contributed by atoms with Crippen LogP contribution in [0.1, 0.15) is 64.7 Å². The molecule has 0 aromatic carbocycles. The molecule has 0 aromatic rings. The molecule has 5 aliphatic rings. The first-order valence-corrected chi connectivity index (χ1v) is 9.32. The number of hydrogen-bond donors (Lipinski definition) is 1. The third-order valence-corrected chi connectivity index (χ3v) is 6.52. The predicted octanol–water partition coefficient (Wildman–Crippen LogP) is 4.27. The molecule has 4 bridgehead atoms. The number of rotatable bonds is 6. The Morgan fingerprint density at radius 2 is 1.86 bits per heavy atom. The second-order valence-electron chi connectivity index (χ2n) is 8.37. The highest BCUT2D eigenvalue weighted by Gasteiger charge is 2.51. The van der Waals surface area contributed by atoms with Crippen LogP contribution in [0.4, 0.5) is 0 Å². The lowest BCUT2D eigenvalue weighted by atomic mass is 9.48. The smallest absolute Gasteiger partial charge is 0.109 e. The summed E-state index contributed by atoms with van der Waals surface area (Å²) in [5, 5.41) is 3.79. The zero-order valence-corrected chi connectivity index (χ0v) is 13.6. The molecule has 1 N–H and O–H groups in total. The fourth-order valence-corrected chi connectivity index (χ4v) is 6.24.